The van der Waals surface area contributed by atoms with E-state index >= 15 is 0 Å². The molecule has 0 saturated carbocycles. The monoisotopic (exact) mass is 194 g/mol. The van der Waals surface area contributed by atoms with Crippen LogP contribution in [0.25, 0.3) is 32.8 Å². The zero-order chi connectivity index (χ0) is 10.4. The molecule has 0 aliphatic heterocycles. The predicted molar refractivity (Wildman–Crippen MR) is 57.9 cm³/mol. The van der Waals surface area contributed by atoms with Crippen LogP contribution in [0.15, 0.2) is 40.8 Å². The van der Waals surface area contributed by atoms with Crippen molar-refractivity contribution in [3.63, 3.8) is 0 Å². The smallest absolute Gasteiger partial charge is 0.447 e. The van der Waals surface area contributed by atoms with E-state index in [1.807, 2.05) is 6.07 Å². The lowest BCUT2D eigenvalue weighted by Gasteiger charge is -1.85. The van der Waals surface area contributed by atoms with Gasteiger partial charge in [-0.3, -0.25) is 0 Å². The molecule has 3 heteroatoms. The zero-order valence-corrected chi connectivity index (χ0v) is 7.77. The molecule has 70 valence electrons. The van der Waals surface area contributed by atoms with Crippen molar-refractivity contribution in [2.75, 3.05) is 0 Å². The molecule has 3 aromatic rings. The molecule has 0 aliphatic carbocycles. The largest absolute Gasteiger partial charge is 0.804 e. The van der Waals surface area contributed by atoms with Crippen molar-refractivity contribution in [3.05, 3.63) is 57.9 Å². The van der Waals surface area contributed by atoms with E-state index in [9.17, 15) is 10.8 Å². The molecule has 15 heavy (non-hydrogen) atoms. The van der Waals surface area contributed by atoms with Gasteiger partial charge in [0.05, 0.1) is 11.4 Å². The summed E-state index contributed by atoms with van der Waals surface area (Å²) < 4.78 is 5.48. The molecule has 2 aromatic carbocycles. The third-order valence-corrected chi connectivity index (χ3v) is 2.46. The van der Waals surface area contributed by atoms with E-state index in [0.717, 1.165) is 10.8 Å². The molecule has 3 rings (SSSR count). The van der Waals surface area contributed by atoms with Crippen LogP contribution in [0.3, 0.4) is 0 Å². The van der Waals surface area contributed by atoms with Gasteiger partial charge < -0.3 is 10.8 Å². The van der Waals surface area contributed by atoms with Crippen LogP contribution in [0.5, 0.6) is 0 Å². The third kappa shape index (κ3) is 1.06. The van der Waals surface area contributed by atoms with Gasteiger partial charge in [-0.25, -0.2) is 0 Å². The van der Waals surface area contributed by atoms with Gasteiger partial charge in [0.25, 0.3) is 0 Å². The maximum Gasteiger partial charge on any atom is 0.447 e. The molecular formula is C12H6N2O. The van der Waals surface area contributed by atoms with Crippen molar-refractivity contribution in [2.45, 2.75) is 0 Å². The number of hydrogen-bond acceptors (Lipinski definition) is 0. The lowest BCUT2D eigenvalue weighted by molar-refractivity contribution is 0.665. The quantitative estimate of drug-likeness (QED) is 0.398. The van der Waals surface area contributed by atoms with Crippen molar-refractivity contribution >= 4 is 21.9 Å². The minimum atomic E-state index is 0.114. The Hall–Kier alpha value is -2.16. The summed E-state index contributed by atoms with van der Waals surface area (Å²) in [5.41, 5.74) is 1.11. The van der Waals surface area contributed by atoms with E-state index in [1.54, 1.807) is 30.3 Å². The van der Waals surface area contributed by atoms with Crippen molar-refractivity contribution in [1.82, 2.24) is 0 Å². The fourth-order valence-electron chi connectivity index (χ4n) is 1.77. The average molecular weight is 194 g/mol. The molecule has 0 amide bonds. The Labute approximate surface area is 85.0 Å². The molecule has 0 unspecified atom stereocenters. The maximum atomic E-state index is 9.59. The Kier molecular flexibility index (Phi) is 1.45. The highest BCUT2D eigenvalue weighted by atomic mass is 16.3. The Morgan fingerprint density at radius 1 is 1.27 bits per heavy atom. The van der Waals surface area contributed by atoms with Gasteiger partial charge in [0.1, 0.15) is 5.39 Å². The second kappa shape index (κ2) is 2.67. The minimum absolute atomic E-state index is 0.114. The first-order valence-electron chi connectivity index (χ1n) is 4.59. The number of rotatable bonds is 0. The van der Waals surface area contributed by atoms with E-state index in [2.05, 4.69) is 0 Å². The van der Waals surface area contributed by atoms with Crippen LogP contribution in [0.1, 0.15) is 0 Å². The number of fused-ring (bicyclic) bond motifs is 3. The van der Waals surface area contributed by atoms with Crippen molar-refractivity contribution in [2.24, 2.45) is 0 Å². The van der Waals surface area contributed by atoms with Gasteiger partial charge in [0.2, 0.25) is 5.39 Å². The Morgan fingerprint density at radius 2 is 2.13 bits per heavy atom. The summed E-state index contributed by atoms with van der Waals surface area (Å²) in [5, 5.41) is 20.9. The molecule has 0 aliphatic rings. The van der Waals surface area contributed by atoms with Crippen LogP contribution in [-0.4, -0.2) is 0 Å². The highest BCUT2D eigenvalue weighted by molar-refractivity contribution is 6.04. The van der Waals surface area contributed by atoms with E-state index in [1.165, 1.54) is 0 Å². The van der Waals surface area contributed by atoms with E-state index in [0.29, 0.717) is 11.2 Å². The van der Waals surface area contributed by atoms with Gasteiger partial charge in [-0.1, -0.05) is 12.1 Å². The first-order valence-corrected chi connectivity index (χ1v) is 4.59. The van der Waals surface area contributed by atoms with Crippen LogP contribution in [0.2, 0.25) is 0 Å². The highest BCUT2D eigenvalue weighted by Gasteiger charge is 2.21. The summed E-state index contributed by atoms with van der Waals surface area (Å²) in [6.07, 6.45) is 0. The lowest BCUT2D eigenvalue weighted by atomic mass is 10.1. The average Bonchev–Trinajstić information content (AvgIpc) is 2.58. The summed E-state index contributed by atoms with van der Waals surface area (Å²) in [5.74, 6) is 0. The van der Waals surface area contributed by atoms with E-state index in [4.69, 9.17) is 4.42 Å². The molecule has 0 saturated heterocycles. The summed E-state index contributed by atoms with van der Waals surface area (Å²) >= 11 is 0. The standard InChI is InChI=1S/C12H6N2O/c13-7-4-5-11-9(6-7)8-2-1-3-10(14)12(8)15-11/h1-6H. The molecule has 0 fully saturated rings. The van der Waals surface area contributed by atoms with Gasteiger partial charge in [-0.05, 0) is 0 Å². The van der Waals surface area contributed by atoms with Crippen LogP contribution in [0, 0.1) is 0 Å². The highest BCUT2D eigenvalue weighted by Crippen LogP contribution is 2.24. The second-order valence-electron chi connectivity index (χ2n) is 3.44. The number of para-hydroxylation sites is 1. The Balaban J connectivity index is 2.70. The summed E-state index contributed by atoms with van der Waals surface area (Å²) in [6, 6.07) is 10.0. The number of benzene rings is 2. The summed E-state index contributed by atoms with van der Waals surface area (Å²) in [7, 11) is 0. The lowest BCUT2D eigenvalue weighted by Crippen LogP contribution is -1.94. The maximum absolute atomic E-state index is 9.59. The van der Waals surface area contributed by atoms with Crippen LogP contribution >= 0.6 is 0 Å². The topological polar surface area (TPSA) is 55.9 Å². The van der Waals surface area contributed by atoms with Crippen molar-refractivity contribution in [1.29, 1.82) is 0 Å². The summed E-state index contributed by atoms with van der Waals surface area (Å²) in [6.45, 7) is 0. The molecule has 3 nitrogen and oxygen atoms in total. The molecular weight excluding hydrogens is 188 g/mol. The number of nitrogens with zero attached hydrogens (tertiary/aromatic N) is 2. The second-order valence-corrected chi connectivity index (χ2v) is 3.44. The van der Waals surface area contributed by atoms with Crippen molar-refractivity contribution in [3.8, 4) is 0 Å². The van der Waals surface area contributed by atoms with Gasteiger partial charge in [0, 0.05) is 18.2 Å². The normalized spacial score (nSPS) is 11.2. The molecule has 0 radical (unpaired) electrons. The molecule has 0 spiro atoms. The first-order chi connectivity index (χ1) is 7.25. The zero-order valence-electron chi connectivity index (χ0n) is 7.77. The van der Waals surface area contributed by atoms with Gasteiger partial charge in [0.15, 0.2) is 0 Å². The molecule has 0 bridgehead atoms. The van der Waals surface area contributed by atoms with Crippen LogP contribution < -0.4 is 10.7 Å². The van der Waals surface area contributed by atoms with Gasteiger partial charge >= 0.3 is 11.2 Å². The number of furan rings is 1. The first kappa shape index (κ1) is 8.17. The SMILES string of the molecule is [N-]=c1cc[c-]2[o+]c3c(=[N-])[cH+]ccc3c2[cH+]1. The predicted octanol–water partition coefficient (Wildman–Crippen LogP) is 1.96. The third-order valence-electron chi connectivity index (χ3n) is 2.46. The molecule has 1 heterocycles. The Bertz CT molecular complexity index is 758. The van der Waals surface area contributed by atoms with Crippen LogP contribution in [0.4, 0.5) is 0 Å². The van der Waals surface area contributed by atoms with Crippen molar-refractivity contribution < 1.29 is 4.42 Å². The van der Waals surface area contributed by atoms with Crippen LogP contribution in [-0.2, 0) is 0 Å². The Morgan fingerprint density at radius 3 is 3.00 bits per heavy atom. The van der Waals surface area contributed by atoms with Gasteiger partial charge in [-0.2, -0.15) is 5.36 Å². The van der Waals surface area contributed by atoms with Gasteiger partial charge in [-0.15, -0.1) is 4.42 Å². The molecule has 0 N–H and O–H groups in total. The molecule has 1 aromatic heterocycles. The number of hydrogen-bond donors (Lipinski definition) is 0. The van der Waals surface area contributed by atoms with E-state index < -0.39 is 0 Å². The molecule has 0 atom stereocenters. The summed E-state index contributed by atoms with van der Waals surface area (Å²) in [4.78, 5) is 0. The fourth-order valence-corrected chi connectivity index (χ4v) is 1.77. The van der Waals surface area contributed by atoms with E-state index in [-0.39, 0.29) is 10.7 Å². The fraction of sp³-hybridized carbons (Fsp3) is 0. The minimum Gasteiger partial charge on any atom is -0.804 e.